The Morgan fingerprint density at radius 2 is 1.59 bits per heavy atom. The van der Waals surface area contributed by atoms with Crippen LogP contribution in [0.2, 0.25) is 0 Å². The maximum absolute atomic E-state index is 10.6. The first kappa shape index (κ1) is 19.6. The molecular weight excluding hydrogens is 352 g/mol. The van der Waals surface area contributed by atoms with Crippen molar-refractivity contribution in [3.8, 4) is 11.5 Å². The van der Waals surface area contributed by atoms with Crippen molar-refractivity contribution < 1.29 is 34.3 Å². The number of hydrogen-bond donors (Lipinski definition) is 3. The van der Waals surface area contributed by atoms with E-state index in [0.717, 1.165) is 5.56 Å². The predicted octanol–water partition coefficient (Wildman–Crippen LogP) is 1.10. The van der Waals surface area contributed by atoms with Crippen molar-refractivity contribution in [1.82, 2.24) is 0 Å². The normalized spacial score (nSPS) is 27.9. The minimum Gasteiger partial charge on any atom is -0.497 e. The second-order valence-corrected chi connectivity index (χ2v) is 6.26. The monoisotopic (exact) mass is 376 g/mol. The third-order valence-electron chi connectivity index (χ3n) is 4.42. The van der Waals surface area contributed by atoms with Crippen molar-refractivity contribution in [2.24, 2.45) is 0 Å². The summed E-state index contributed by atoms with van der Waals surface area (Å²) < 4.78 is 22.1. The van der Waals surface area contributed by atoms with Crippen LogP contribution in [0, 0.1) is 0 Å². The molecule has 146 valence electrons. The van der Waals surface area contributed by atoms with Gasteiger partial charge in [-0.25, -0.2) is 0 Å². The molecule has 27 heavy (non-hydrogen) atoms. The summed E-state index contributed by atoms with van der Waals surface area (Å²) in [4.78, 5) is 0. The molecule has 2 aromatic carbocycles. The molecule has 2 aromatic rings. The number of methoxy groups -OCH3 is 1. The molecule has 1 heterocycles. The molecular formula is C20H24O7. The van der Waals surface area contributed by atoms with Crippen LogP contribution in [0.1, 0.15) is 5.56 Å². The molecule has 0 aliphatic carbocycles. The number of ether oxygens (including phenoxy) is 4. The van der Waals surface area contributed by atoms with E-state index in [-0.39, 0.29) is 6.61 Å². The van der Waals surface area contributed by atoms with E-state index in [1.165, 1.54) is 0 Å². The SMILES string of the molecule is COc1ccc(O[C@@H]2OC(CO)[C@@H](O)[C@@H](OCc3ccccc3)C2O)cc1. The Morgan fingerprint density at radius 1 is 0.926 bits per heavy atom. The molecule has 1 aliphatic rings. The number of aliphatic hydroxyl groups is 3. The largest absolute Gasteiger partial charge is 0.497 e. The lowest BCUT2D eigenvalue weighted by atomic mass is 9.99. The van der Waals surface area contributed by atoms with Gasteiger partial charge in [-0.15, -0.1) is 0 Å². The van der Waals surface area contributed by atoms with Gasteiger partial charge in [0.05, 0.1) is 20.3 Å². The standard InChI is InChI=1S/C20H24O7/c1-24-14-7-9-15(10-8-14)26-20-18(23)19(17(22)16(11-21)27-20)25-12-13-5-3-2-4-6-13/h2-10,16-23H,11-12H2,1H3/t16?,17-,18?,19-,20-/m1/s1. The zero-order valence-corrected chi connectivity index (χ0v) is 15.0. The van der Waals surface area contributed by atoms with Crippen molar-refractivity contribution in [2.45, 2.75) is 37.3 Å². The highest BCUT2D eigenvalue weighted by Crippen LogP contribution is 2.27. The molecule has 0 radical (unpaired) electrons. The summed E-state index contributed by atoms with van der Waals surface area (Å²) >= 11 is 0. The van der Waals surface area contributed by atoms with E-state index in [2.05, 4.69) is 0 Å². The topological polar surface area (TPSA) is 97.6 Å². The summed E-state index contributed by atoms with van der Waals surface area (Å²) in [5, 5.41) is 30.5. The molecule has 3 rings (SSSR count). The molecule has 1 saturated heterocycles. The summed E-state index contributed by atoms with van der Waals surface area (Å²) in [5.41, 5.74) is 0.900. The first-order chi connectivity index (χ1) is 13.1. The summed E-state index contributed by atoms with van der Waals surface area (Å²) in [6.45, 7) is -0.228. The van der Waals surface area contributed by atoms with Gasteiger partial charge < -0.3 is 34.3 Å². The minimum atomic E-state index is -1.24. The molecule has 1 aliphatic heterocycles. The minimum absolute atomic E-state index is 0.201. The van der Waals surface area contributed by atoms with E-state index in [4.69, 9.17) is 18.9 Å². The molecule has 2 unspecified atom stereocenters. The van der Waals surface area contributed by atoms with Crippen molar-refractivity contribution >= 4 is 0 Å². The lowest BCUT2D eigenvalue weighted by Gasteiger charge is -2.41. The highest BCUT2D eigenvalue weighted by Gasteiger charge is 2.46. The summed E-state index contributed by atoms with van der Waals surface area (Å²) in [6.07, 6.45) is -5.44. The molecule has 0 saturated carbocycles. The number of benzene rings is 2. The quantitative estimate of drug-likeness (QED) is 0.666. The van der Waals surface area contributed by atoms with Crippen LogP contribution in [0.4, 0.5) is 0 Å². The van der Waals surface area contributed by atoms with Crippen LogP contribution in [-0.4, -0.2) is 59.7 Å². The van der Waals surface area contributed by atoms with Crippen molar-refractivity contribution in [2.75, 3.05) is 13.7 Å². The first-order valence-corrected chi connectivity index (χ1v) is 8.71. The Balaban J connectivity index is 1.70. The van der Waals surface area contributed by atoms with Crippen LogP contribution in [0.15, 0.2) is 54.6 Å². The molecule has 5 atom stereocenters. The average molecular weight is 376 g/mol. The van der Waals surface area contributed by atoms with Crippen molar-refractivity contribution in [3.63, 3.8) is 0 Å². The first-order valence-electron chi connectivity index (χ1n) is 8.71. The molecule has 0 amide bonds. The lowest BCUT2D eigenvalue weighted by molar-refractivity contribution is -0.287. The van der Waals surface area contributed by atoms with Crippen LogP contribution >= 0.6 is 0 Å². The van der Waals surface area contributed by atoms with Gasteiger partial charge in [-0.05, 0) is 29.8 Å². The van der Waals surface area contributed by atoms with Gasteiger partial charge in [0.15, 0.2) is 0 Å². The maximum atomic E-state index is 10.6. The molecule has 7 heteroatoms. The summed E-state index contributed by atoms with van der Waals surface area (Å²) in [5.74, 6) is 1.12. The van der Waals surface area contributed by atoms with Crippen LogP contribution in [0.5, 0.6) is 11.5 Å². The Morgan fingerprint density at radius 3 is 2.22 bits per heavy atom. The molecule has 7 nitrogen and oxygen atoms in total. The molecule has 0 bridgehead atoms. The zero-order chi connectivity index (χ0) is 19.2. The second-order valence-electron chi connectivity index (χ2n) is 6.26. The number of hydrogen-bond acceptors (Lipinski definition) is 7. The smallest absolute Gasteiger partial charge is 0.229 e. The van der Waals surface area contributed by atoms with Crippen LogP contribution < -0.4 is 9.47 Å². The highest BCUT2D eigenvalue weighted by atomic mass is 16.7. The third kappa shape index (κ3) is 4.77. The van der Waals surface area contributed by atoms with Crippen LogP contribution in [0.25, 0.3) is 0 Å². The van der Waals surface area contributed by atoms with E-state index >= 15 is 0 Å². The summed E-state index contributed by atoms with van der Waals surface area (Å²) in [6, 6.07) is 16.2. The van der Waals surface area contributed by atoms with Gasteiger partial charge in [-0.1, -0.05) is 30.3 Å². The number of rotatable bonds is 7. The Labute approximate surface area is 157 Å². The van der Waals surface area contributed by atoms with Gasteiger partial charge in [0, 0.05) is 0 Å². The Kier molecular flexibility index (Phi) is 6.65. The molecule has 0 spiro atoms. The zero-order valence-electron chi connectivity index (χ0n) is 15.0. The fraction of sp³-hybridized carbons (Fsp3) is 0.400. The van der Waals surface area contributed by atoms with Gasteiger partial charge in [0.2, 0.25) is 6.29 Å². The van der Waals surface area contributed by atoms with Crippen LogP contribution in [0.3, 0.4) is 0 Å². The Bertz CT molecular complexity index is 691. The average Bonchev–Trinajstić information content (AvgIpc) is 2.71. The molecule has 0 aromatic heterocycles. The van der Waals surface area contributed by atoms with E-state index in [1.54, 1.807) is 31.4 Å². The van der Waals surface area contributed by atoms with E-state index < -0.39 is 37.3 Å². The maximum Gasteiger partial charge on any atom is 0.229 e. The Hall–Kier alpha value is -2.16. The molecule has 3 N–H and O–H groups in total. The second kappa shape index (κ2) is 9.16. The van der Waals surface area contributed by atoms with Gasteiger partial charge in [0.25, 0.3) is 0 Å². The van der Waals surface area contributed by atoms with Gasteiger partial charge in [-0.3, -0.25) is 0 Å². The van der Waals surface area contributed by atoms with E-state index in [9.17, 15) is 15.3 Å². The van der Waals surface area contributed by atoms with Crippen molar-refractivity contribution in [1.29, 1.82) is 0 Å². The van der Waals surface area contributed by atoms with Crippen molar-refractivity contribution in [3.05, 3.63) is 60.2 Å². The predicted molar refractivity (Wildman–Crippen MR) is 96.4 cm³/mol. The third-order valence-corrected chi connectivity index (χ3v) is 4.42. The van der Waals surface area contributed by atoms with E-state index in [1.807, 2.05) is 30.3 Å². The van der Waals surface area contributed by atoms with Gasteiger partial charge in [-0.2, -0.15) is 0 Å². The number of aliphatic hydroxyl groups excluding tert-OH is 3. The summed E-state index contributed by atoms with van der Waals surface area (Å²) in [7, 11) is 1.56. The fourth-order valence-corrected chi connectivity index (χ4v) is 2.90. The van der Waals surface area contributed by atoms with Crippen LogP contribution in [-0.2, 0) is 16.1 Å². The molecule has 1 fully saturated rings. The fourth-order valence-electron chi connectivity index (χ4n) is 2.90. The van der Waals surface area contributed by atoms with E-state index in [0.29, 0.717) is 11.5 Å². The van der Waals surface area contributed by atoms with Gasteiger partial charge >= 0.3 is 0 Å². The highest BCUT2D eigenvalue weighted by molar-refractivity contribution is 5.31. The lowest BCUT2D eigenvalue weighted by Crippen LogP contribution is -2.60. The van der Waals surface area contributed by atoms with Gasteiger partial charge in [0.1, 0.15) is 35.9 Å².